The molecule has 0 spiro atoms. The molecule has 110 valence electrons. The maximum atomic E-state index is 6.19. The third-order valence-electron chi connectivity index (χ3n) is 2.68. The van der Waals surface area contributed by atoms with Crippen LogP contribution in [0.2, 0.25) is 15.1 Å². The Bertz CT molecular complexity index is 795. The fraction of sp³-hybridized carbons (Fsp3) is 0. The van der Waals surface area contributed by atoms with E-state index in [1.165, 1.54) is 0 Å². The van der Waals surface area contributed by atoms with Crippen molar-refractivity contribution in [2.24, 2.45) is 0 Å². The largest absolute Gasteiger partial charge is 0.448 e. The van der Waals surface area contributed by atoms with Gasteiger partial charge in [-0.15, -0.1) is 0 Å². The average molecular weight is 603 g/mol. The quantitative estimate of drug-likeness (QED) is 0.189. The van der Waals surface area contributed by atoms with Gasteiger partial charge in [-0.3, -0.25) is 0 Å². The molecule has 0 aliphatic carbocycles. The van der Waals surface area contributed by atoms with Crippen LogP contribution in [-0.2, 0) is 0 Å². The lowest BCUT2D eigenvalue weighted by Crippen LogP contribution is -2.02. The minimum Gasteiger partial charge on any atom is -0.448 e. The number of hydrogen-bond acceptors (Lipinski definition) is 2. The van der Waals surface area contributed by atoms with Crippen LogP contribution in [0.15, 0.2) is 24.0 Å². The third-order valence-corrected chi connectivity index (χ3v) is 8.25. The Labute approximate surface area is 168 Å². The Morgan fingerprint density at radius 3 is 2.00 bits per heavy atom. The first kappa shape index (κ1) is 16.7. The molecule has 2 nitrogen and oxygen atoms in total. The molecule has 1 aliphatic rings. The summed E-state index contributed by atoms with van der Waals surface area (Å²) in [5.41, 5.74) is 0. The van der Waals surface area contributed by atoms with Crippen molar-refractivity contribution in [2.75, 3.05) is 0 Å². The zero-order valence-corrected chi connectivity index (χ0v) is 18.2. The number of hydrogen-bond donors (Lipinski definition) is 0. The topological polar surface area (TPSA) is 18.5 Å². The van der Waals surface area contributed by atoms with Crippen LogP contribution in [0.3, 0.4) is 0 Å². The summed E-state index contributed by atoms with van der Waals surface area (Å²) in [6, 6.07) is 1.76. The predicted molar refractivity (Wildman–Crippen MR) is 98.9 cm³/mol. The van der Waals surface area contributed by atoms with E-state index < -0.39 is 0 Å². The standard InChI is InChI=1S/C12HBr4Cl3O2/c13-2-1-3-10(5(15)4(2)14)21-11-6(16)7(17)8(18)9(19)12(11)20-3/h1H. The van der Waals surface area contributed by atoms with Gasteiger partial charge in [0.05, 0.1) is 19.0 Å². The number of rotatable bonds is 0. The summed E-state index contributed by atoms with van der Waals surface area (Å²) in [6.07, 6.45) is 0. The molecule has 2 aromatic carbocycles. The molecule has 0 N–H and O–H groups in total. The lowest BCUT2D eigenvalue weighted by atomic mass is 10.2. The van der Waals surface area contributed by atoms with Crippen molar-refractivity contribution in [1.29, 1.82) is 0 Å². The molecule has 0 bridgehead atoms. The maximum Gasteiger partial charge on any atom is 0.191 e. The minimum absolute atomic E-state index is 0.195. The van der Waals surface area contributed by atoms with Gasteiger partial charge in [0.15, 0.2) is 23.0 Å². The van der Waals surface area contributed by atoms with Crippen LogP contribution in [0, 0.1) is 0 Å². The van der Waals surface area contributed by atoms with Crippen molar-refractivity contribution >= 4 is 98.5 Å². The molecule has 2 aromatic rings. The summed E-state index contributed by atoms with van der Waals surface area (Å²) in [6.45, 7) is 0. The highest BCUT2D eigenvalue weighted by molar-refractivity contribution is 9.14. The Morgan fingerprint density at radius 2 is 1.33 bits per heavy atom. The fourth-order valence-electron chi connectivity index (χ4n) is 1.71. The molecular weight excluding hydrogens is 602 g/mol. The molecule has 1 heterocycles. The number of halogens is 7. The van der Waals surface area contributed by atoms with Crippen molar-refractivity contribution in [3.05, 3.63) is 39.0 Å². The first-order chi connectivity index (χ1) is 9.82. The molecule has 0 saturated carbocycles. The highest BCUT2D eigenvalue weighted by Gasteiger charge is 2.31. The summed E-state index contributed by atoms with van der Waals surface area (Å²) in [4.78, 5) is 0. The van der Waals surface area contributed by atoms with E-state index in [0.717, 1.165) is 8.95 Å². The van der Waals surface area contributed by atoms with Crippen molar-refractivity contribution in [2.45, 2.75) is 0 Å². The molecule has 0 saturated heterocycles. The molecule has 0 radical (unpaired) electrons. The maximum absolute atomic E-state index is 6.19. The van der Waals surface area contributed by atoms with Crippen molar-refractivity contribution in [3.8, 4) is 23.0 Å². The summed E-state index contributed by atoms with van der Waals surface area (Å²) < 4.78 is 14.5. The molecule has 0 amide bonds. The van der Waals surface area contributed by atoms with Crippen LogP contribution in [0.1, 0.15) is 0 Å². The molecular formula is C12HBr4Cl3O2. The van der Waals surface area contributed by atoms with Gasteiger partial charge in [-0.2, -0.15) is 0 Å². The van der Waals surface area contributed by atoms with Gasteiger partial charge in [-0.05, 0) is 63.7 Å². The normalized spacial score (nSPS) is 12.3. The zero-order chi connectivity index (χ0) is 15.5. The second kappa shape index (κ2) is 6.04. The van der Waals surface area contributed by atoms with Gasteiger partial charge in [0.25, 0.3) is 0 Å². The molecule has 0 fully saturated rings. The third kappa shape index (κ3) is 2.65. The summed E-state index contributed by atoms with van der Waals surface area (Å²) in [7, 11) is 0. The van der Waals surface area contributed by atoms with Crippen LogP contribution in [-0.4, -0.2) is 0 Å². The average Bonchev–Trinajstić information content (AvgIpc) is 2.47. The smallest absolute Gasteiger partial charge is 0.191 e. The number of ether oxygens (including phenoxy) is 2. The van der Waals surface area contributed by atoms with Crippen LogP contribution in [0.5, 0.6) is 23.0 Å². The van der Waals surface area contributed by atoms with E-state index in [0.29, 0.717) is 31.9 Å². The van der Waals surface area contributed by atoms with E-state index in [9.17, 15) is 0 Å². The molecule has 3 rings (SSSR count). The SMILES string of the molecule is Clc1c(Cl)c(Br)c2c(c1Cl)Oc1cc(Br)c(Br)c(Br)c1O2. The van der Waals surface area contributed by atoms with Gasteiger partial charge in [0.1, 0.15) is 5.02 Å². The van der Waals surface area contributed by atoms with Crippen LogP contribution in [0.4, 0.5) is 0 Å². The van der Waals surface area contributed by atoms with Crippen LogP contribution < -0.4 is 9.47 Å². The summed E-state index contributed by atoms with van der Waals surface area (Å²) in [5, 5.41) is 0.659. The van der Waals surface area contributed by atoms with E-state index in [-0.39, 0.29) is 15.1 Å². The van der Waals surface area contributed by atoms with E-state index in [1.54, 1.807) is 6.07 Å². The van der Waals surface area contributed by atoms with Gasteiger partial charge in [0, 0.05) is 15.0 Å². The van der Waals surface area contributed by atoms with E-state index in [4.69, 9.17) is 44.3 Å². The Balaban J connectivity index is 2.27. The van der Waals surface area contributed by atoms with Crippen molar-refractivity contribution in [1.82, 2.24) is 0 Å². The molecule has 0 atom stereocenters. The van der Waals surface area contributed by atoms with Gasteiger partial charge < -0.3 is 9.47 Å². The van der Waals surface area contributed by atoms with Gasteiger partial charge in [-0.25, -0.2) is 0 Å². The minimum atomic E-state index is 0.195. The lowest BCUT2D eigenvalue weighted by Gasteiger charge is -2.25. The van der Waals surface area contributed by atoms with E-state index >= 15 is 0 Å². The zero-order valence-electron chi connectivity index (χ0n) is 9.54. The fourth-order valence-corrected chi connectivity index (χ4v) is 4.37. The monoisotopic (exact) mass is 598 g/mol. The van der Waals surface area contributed by atoms with Crippen LogP contribution >= 0.6 is 98.5 Å². The molecule has 9 heteroatoms. The van der Waals surface area contributed by atoms with Gasteiger partial charge >= 0.3 is 0 Å². The first-order valence-corrected chi connectivity index (χ1v) is 9.52. The second-order valence-electron chi connectivity index (χ2n) is 3.93. The highest BCUT2D eigenvalue weighted by atomic mass is 79.9. The summed E-state index contributed by atoms with van der Waals surface area (Å²) >= 11 is 32.1. The van der Waals surface area contributed by atoms with Crippen molar-refractivity contribution < 1.29 is 9.47 Å². The van der Waals surface area contributed by atoms with Crippen LogP contribution in [0.25, 0.3) is 0 Å². The Hall–Kier alpha value is 0.830. The van der Waals surface area contributed by atoms with E-state index in [1.807, 2.05) is 0 Å². The van der Waals surface area contributed by atoms with Gasteiger partial charge in [-0.1, -0.05) is 34.8 Å². The Kier molecular flexibility index (Phi) is 4.80. The molecule has 0 aromatic heterocycles. The number of fused-ring (bicyclic) bond motifs is 2. The predicted octanol–water partition coefficient (Wildman–Crippen LogP) is 8.59. The molecule has 1 aliphatic heterocycles. The van der Waals surface area contributed by atoms with Crippen molar-refractivity contribution in [3.63, 3.8) is 0 Å². The first-order valence-electron chi connectivity index (χ1n) is 5.22. The Morgan fingerprint density at radius 1 is 0.667 bits per heavy atom. The molecule has 0 unspecified atom stereocenters. The second-order valence-corrected chi connectivity index (χ2v) is 8.30. The lowest BCUT2D eigenvalue weighted by molar-refractivity contribution is 0.355. The van der Waals surface area contributed by atoms with E-state index in [2.05, 4.69) is 63.7 Å². The van der Waals surface area contributed by atoms with Gasteiger partial charge in [0.2, 0.25) is 0 Å². The highest BCUT2D eigenvalue weighted by Crippen LogP contribution is 2.59. The summed E-state index contributed by atoms with van der Waals surface area (Å²) in [5.74, 6) is 1.69. The molecule has 21 heavy (non-hydrogen) atoms. The number of benzene rings is 2.